The summed E-state index contributed by atoms with van der Waals surface area (Å²) in [6.45, 7) is -1.29. The first-order valence-corrected chi connectivity index (χ1v) is 9.86. The number of fused-ring (bicyclic) bond motifs is 1. The molecule has 1 aliphatic rings. The molecular weight excluding hydrogens is 467 g/mol. The van der Waals surface area contributed by atoms with Gasteiger partial charge in [-0.15, -0.1) is 5.10 Å². The average Bonchev–Trinajstić information content (AvgIpc) is 3.10. The summed E-state index contributed by atoms with van der Waals surface area (Å²) in [6, 6.07) is 7.00. The summed E-state index contributed by atoms with van der Waals surface area (Å²) in [5.41, 5.74) is -0.366. The molecule has 33 heavy (non-hydrogen) atoms. The minimum absolute atomic E-state index is 0.221. The van der Waals surface area contributed by atoms with Gasteiger partial charge in [0.15, 0.2) is 5.92 Å². The molecule has 3 amide bonds. The number of rotatable bonds is 4. The number of urea groups is 1. The minimum atomic E-state index is -4.85. The second-order valence-electron chi connectivity index (χ2n) is 7.37. The summed E-state index contributed by atoms with van der Waals surface area (Å²) in [6.07, 6.45) is -4.85. The van der Waals surface area contributed by atoms with E-state index in [0.717, 1.165) is 17.0 Å². The predicted molar refractivity (Wildman–Crippen MR) is 109 cm³/mol. The molecule has 0 radical (unpaired) electrons. The molecule has 0 saturated carbocycles. The maximum absolute atomic E-state index is 13.6. The molecule has 1 aliphatic heterocycles. The van der Waals surface area contributed by atoms with Gasteiger partial charge in [-0.3, -0.25) is 19.4 Å². The van der Waals surface area contributed by atoms with E-state index in [1.807, 2.05) is 0 Å². The molecule has 4 rings (SSSR count). The number of benzene rings is 2. The standard InChI is InChI=1S/C20H15ClF3N5O4/c1-27-15-6-5-11(7-14(15)25-26-27)28-9-12(18(31)32)17(30)29(19(28)33)8-10-3-2-4-13(21)16(10)20(22,23)24/h2-7,12H,8-9H2,1H3,(H,31,32). The van der Waals surface area contributed by atoms with Crippen molar-refractivity contribution in [3.63, 3.8) is 0 Å². The Bertz CT molecular complexity index is 1290. The van der Waals surface area contributed by atoms with Gasteiger partial charge in [-0.05, 0) is 29.8 Å². The number of hydrogen-bond acceptors (Lipinski definition) is 5. The number of amides is 3. The van der Waals surface area contributed by atoms with Crippen LogP contribution in [0.2, 0.25) is 5.02 Å². The number of aromatic nitrogens is 3. The number of carboxylic acids is 1. The zero-order chi connectivity index (χ0) is 24.1. The van der Waals surface area contributed by atoms with Gasteiger partial charge in [-0.2, -0.15) is 13.2 Å². The molecule has 2 heterocycles. The van der Waals surface area contributed by atoms with Crippen LogP contribution in [0.25, 0.3) is 11.0 Å². The Morgan fingerprint density at radius 3 is 2.64 bits per heavy atom. The highest BCUT2D eigenvalue weighted by molar-refractivity contribution is 6.31. The van der Waals surface area contributed by atoms with Gasteiger partial charge in [0.2, 0.25) is 5.91 Å². The number of aryl methyl sites for hydroxylation is 1. The summed E-state index contributed by atoms with van der Waals surface area (Å²) in [5, 5.41) is 16.7. The summed E-state index contributed by atoms with van der Waals surface area (Å²) in [4.78, 5) is 39.2. The number of alkyl halides is 3. The first-order chi connectivity index (χ1) is 15.5. The molecule has 9 nitrogen and oxygen atoms in total. The van der Waals surface area contributed by atoms with Crippen LogP contribution in [-0.4, -0.2) is 49.5 Å². The molecule has 0 aliphatic carbocycles. The fourth-order valence-corrected chi connectivity index (χ4v) is 4.00. The number of anilines is 1. The van der Waals surface area contributed by atoms with E-state index in [1.165, 1.54) is 22.9 Å². The van der Waals surface area contributed by atoms with Crippen LogP contribution in [0.1, 0.15) is 11.1 Å². The maximum atomic E-state index is 13.6. The third kappa shape index (κ3) is 3.97. The Morgan fingerprint density at radius 2 is 1.97 bits per heavy atom. The molecule has 1 unspecified atom stereocenters. The second kappa shape index (κ2) is 8.03. The van der Waals surface area contributed by atoms with Crippen molar-refractivity contribution in [3.8, 4) is 0 Å². The van der Waals surface area contributed by atoms with Crippen LogP contribution in [0.4, 0.5) is 23.7 Å². The van der Waals surface area contributed by atoms with E-state index in [-0.39, 0.29) is 5.69 Å². The SMILES string of the molecule is Cn1nnc2cc(N3CC(C(=O)O)C(=O)N(Cc4cccc(Cl)c4C(F)(F)F)C3=O)ccc21. The molecule has 0 bridgehead atoms. The lowest BCUT2D eigenvalue weighted by atomic mass is 10.0. The van der Waals surface area contributed by atoms with Crippen LogP contribution in [0.5, 0.6) is 0 Å². The summed E-state index contributed by atoms with van der Waals surface area (Å²) >= 11 is 5.74. The molecule has 1 aromatic heterocycles. The zero-order valence-electron chi connectivity index (χ0n) is 16.9. The largest absolute Gasteiger partial charge is 0.481 e. The van der Waals surface area contributed by atoms with E-state index in [9.17, 15) is 32.7 Å². The van der Waals surface area contributed by atoms with Gasteiger partial charge in [-0.25, -0.2) is 9.48 Å². The molecule has 1 N–H and O–H groups in total. The minimum Gasteiger partial charge on any atom is -0.481 e. The Hall–Kier alpha value is -3.67. The summed E-state index contributed by atoms with van der Waals surface area (Å²) < 4.78 is 42.2. The average molecular weight is 482 g/mol. The van der Waals surface area contributed by atoms with E-state index in [2.05, 4.69) is 10.3 Å². The smallest absolute Gasteiger partial charge is 0.418 e. The van der Waals surface area contributed by atoms with Crippen LogP contribution in [0, 0.1) is 5.92 Å². The van der Waals surface area contributed by atoms with Gasteiger partial charge in [0, 0.05) is 19.3 Å². The van der Waals surface area contributed by atoms with Crippen LogP contribution in [0.15, 0.2) is 36.4 Å². The Labute approximate surface area is 188 Å². The van der Waals surface area contributed by atoms with E-state index < -0.39 is 59.2 Å². The van der Waals surface area contributed by atoms with Crippen molar-refractivity contribution in [1.82, 2.24) is 19.9 Å². The van der Waals surface area contributed by atoms with Gasteiger partial charge in [0.05, 0.1) is 22.6 Å². The van der Waals surface area contributed by atoms with Crippen LogP contribution >= 0.6 is 11.6 Å². The number of carboxylic acid groups (broad SMARTS) is 1. The van der Waals surface area contributed by atoms with Crippen molar-refractivity contribution in [2.75, 3.05) is 11.4 Å². The third-order valence-electron chi connectivity index (χ3n) is 5.31. The lowest BCUT2D eigenvalue weighted by molar-refractivity contribution is -0.151. The Balaban J connectivity index is 1.76. The zero-order valence-corrected chi connectivity index (χ0v) is 17.6. The number of hydrogen-bond donors (Lipinski definition) is 1. The van der Waals surface area contributed by atoms with Crippen LogP contribution in [-0.2, 0) is 29.4 Å². The maximum Gasteiger partial charge on any atom is 0.418 e. The fourth-order valence-electron chi connectivity index (χ4n) is 3.70. The molecule has 2 aromatic carbocycles. The molecule has 0 spiro atoms. The lowest BCUT2D eigenvalue weighted by Crippen LogP contribution is -2.58. The Kier molecular flexibility index (Phi) is 5.48. The van der Waals surface area contributed by atoms with Gasteiger partial charge in [0.1, 0.15) is 5.52 Å². The fraction of sp³-hybridized carbons (Fsp3) is 0.250. The van der Waals surface area contributed by atoms with Gasteiger partial charge >= 0.3 is 18.2 Å². The Morgan fingerprint density at radius 1 is 1.24 bits per heavy atom. The number of nitrogens with zero attached hydrogens (tertiary/aromatic N) is 5. The second-order valence-corrected chi connectivity index (χ2v) is 7.77. The third-order valence-corrected chi connectivity index (χ3v) is 5.62. The topological polar surface area (TPSA) is 109 Å². The van der Waals surface area contributed by atoms with Crippen molar-refractivity contribution in [3.05, 3.63) is 52.5 Å². The van der Waals surface area contributed by atoms with Crippen molar-refractivity contribution in [2.45, 2.75) is 12.7 Å². The number of carbonyl (C=O) groups is 3. The van der Waals surface area contributed by atoms with Crippen molar-refractivity contribution >= 4 is 46.2 Å². The van der Waals surface area contributed by atoms with Gasteiger partial charge in [0.25, 0.3) is 0 Å². The van der Waals surface area contributed by atoms with E-state index in [1.54, 1.807) is 13.1 Å². The summed E-state index contributed by atoms with van der Waals surface area (Å²) in [7, 11) is 1.66. The van der Waals surface area contributed by atoms with E-state index in [4.69, 9.17) is 11.6 Å². The molecule has 1 atom stereocenters. The predicted octanol–water partition coefficient (Wildman–Crippen LogP) is 3.31. The molecular formula is C20H15ClF3N5O4. The molecule has 1 saturated heterocycles. The monoisotopic (exact) mass is 481 g/mol. The van der Waals surface area contributed by atoms with Crippen molar-refractivity contribution in [1.29, 1.82) is 0 Å². The number of carbonyl (C=O) groups excluding carboxylic acids is 2. The number of halogens is 4. The molecule has 1 fully saturated rings. The quantitative estimate of drug-likeness (QED) is 0.573. The van der Waals surface area contributed by atoms with E-state index >= 15 is 0 Å². The van der Waals surface area contributed by atoms with Crippen molar-refractivity contribution < 1.29 is 32.7 Å². The first kappa shape index (κ1) is 22.5. The highest BCUT2D eigenvalue weighted by Crippen LogP contribution is 2.38. The normalized spacial score (nSPS) is 17.2. The number of aliphatic carboxylic acids is 1. The van der Waals surface area contributed by atoms with Crippen LogP contribution < -0.4 is 4.90 Å². The van der Waals surface area contributed by atoms with Crippen LogP contribution in [0.3, 0.4) is 0 Å². The summed E-state index contributed by atoms with van der Waals surface area (Å²) in [5.74, 6) is -4.29. The lowest BCUT2D eigenvalue weighted by Gasteiger charge is -2.37. The van der Waals surface area contributed by atoms with Gasteiger partial charge < -0.3 is 5.11 Å². The van der Waals surface area contributed by atoms with Gasteiger partial charge in [-0.1, -0.05) is 28.9 Å². The first-order valence-electron chi connectivity index (χ1n) is 9.48. The number of imide groups is 1. The van der Waals surface area contributed by atoms with Crippen molar-refractivity contribution in [2.24, 2.45) is 13.0 Å². The molecule has 172 valence electrons. The molecule has 13 heteroatoms. The highest BCUT2D eigenvalue weighted by atomic mass is 35.5. The van der Waals surface area contributed by atoms with E-state index in [0.29, 0.717) is 15.9 Å². The highest BCUT2D eigenvalue weighted by Gasteiger charge is 2.45. The molecule has 3 aromatic rings.